The van der Waals surface area contributed by atoms with Gasteiger partial charge in [0.05, 0.1) is 0 Å². The van der Waals surface area contributed by atoms with Crippen molar-refractivity contribution < 1.29 is 4.79 Å². The Labute approximate surface area is 106 Å². The lowest BCUT2D eigenvalue weighted by Crippen LogP contribution is -2.37. The summed E-state index contributed by atoms with van der Waals surface area (Å²) in [6, 6.07) is 0.874. The Balaban J connectivity index is 2.07. The van der Waals surface area contributed by atoms with E-state index in [-0.39, 0.29) is 5.91 Å². The van der Waals surface area contributed by atoms with Crippen LogP contribution >= 0.6 is 0 Å². The Morgan fingerprint density at radius 3 is 2.47 bits per heavy atom. The molecular formula is C14H28N2O. The Morgan fingerprint density at radius 1 is 1.24 bits per heavy atom. The Hall–Kier alpha value is -0.570. The van der Waals surface area contributed by atoms with Gasteiger partial charge in [0.15, 0.2) is 0 Å². The average Bonchev–Trinajstić information content (AvgIpc) is 2.77. The first-order valence-corrected chi connectivity index (χ1v) is 7.12. The third kappa shape index (κ3) is 6.06. The number of amides is 1. The van der Waals surface area contributed by atoms with E-state index in [0.717, 1.165) is 13.0 Å². The molecule has 17 heavy (non-hydrogen) atoms. The molecule has 0 saturated heterocycles. The summed E-state index contributed by atoms with van der Waals surface area (Å²) in [6.07, 6.45) is 6.83. The minimum Gasteiger partial charge on any atom is -0.353 e. The highest BCUT2D eigenvalue weighted by Crippen LogP contribution is 2.27. The fourth-order valence-electron chi connectivity index (χ4n) is 2.54. The molecule has 1 atom stereocenters. The van der Waals surface area contributed by atoms with Crippen molar-refractivity contribution in [1.29, 1.82) is 0 Å². The van der Waals surface area contributed by atoms with Gasteiger partial charge in [-0.2, -0.15) is 0 Å². The number of hydrogen-bond donors (Lipinski definition) is 2. The zero-order valence-corrected chi connectivity index (χ0v) is 11.6. The van der Waals surface area contributed by atoms with Gasteiger partial charge in [0.2, 0.25) is 5.91 Å². The van der Waals surface area contributed by atoms with E-state index < -0.39 is 0 Å². The second-order valence-electron chi connectivity index (χ2n) is 5.61. The normalized spacial score (nSPS) is 18.6. The van der Waals surface area contributed by atoms with Crippen molar-refractivity contribution in [3.05, 3.63) is 0 Å². The molecule has 0 aliphatic heterocycles. The summed E-state index contributed by atoms with van der Waals surface area (Å²) < 4.78 is 0. The number of hydrogen-bond acceptors (Lipinski definition) is 2. The largest absolute Gasteiger partial charge is 0.353 e. The molecule has 3 nitrogen and oxygen atoms in total. The third-order valence-electron chi connectivity index (χ3n) is 3.63. The van der Waals surface area contributed by atoms with Crippen LogP contribution < -0.4 is 10.6 Å². The molecular weight excluding hydrogens is 212 g/mol. The highest BCUT2D eigenvalue weighted by atomic mass is 16.1. The van der Waals surface area contributed by atoms with E-state index >= 15 is 0 Å². The van der Waals surface area contributed by atoms with Crippen LogP contribution in [0.15, 0.2) is 0 Å². The van der Waals surface area contributed by atoms with Crippen molar-refractivity contribution in [2.75, 3.05) is 6.54 Å². The van der Waals surface area contributed by atoms with Crippen LogP contribution in [-0.2, 0) is 4.79 Å². The van der Waals surface area contributed by atoms with Gasteiger partial charge in [-0.15, -0.1) is 0 Å². The van der Waals surface area contributed by atoms with Crippen molar-refractivity contribution in [2.45, 2.75) is 71.4 Å². The monoisotopic (exact) mass is 240 g/mol. The molecule has 0 bridgehead atoms. The SMILES string of the molecule is CC(C)NCCCC(=O)N[C@@H](C)C1CCCC1. The van der Waals surface area contributed by atoms with Crippen LogP contribution in [-0.4, -0.2) is 24.5 Å². The lowest BCUT2D eigenvalue weighted by Gasteiger charge is -2.20. The summed E-state index contributed by atoms with van der Waals surface area (Å²) in [7, 11) is 0. The average molecular weight is 240 g/mol. The van der Waals surface area contributed by atoms with Gasteiger partial charge < -0.3 is 10.6 Å². The molecule has 0 spiro atoms. The molecule has 3 heteroatoms. The van der Waals surface area contributed by atoms with Gasteiger partial charge in [0.25, 0.3) is 0 Å². The Kier molecular flexibility index (Phi) is 6.56. The van der Waals surface area contributed by atoms with E-state index in [1.165, 1.54) is 25.7 Å². The van der Waals surface area contributed by atoms with Crippen LogP contribution in [0.1, 0.15) is 59.3 Å². The Bertz CT molecular complexity index is 222. The maximum atomic E-state index is 11.7. The highest BCUT2D eigenvalue weighted by molar-refractivity contribution is 5.76. The lowest BCUT2D eigenvalue weighted by atomic mass is 10.00. The fourth-order valence-corrected chi connectivity index (χ4v) is 2.54. The number of carbonyl (C=O) groups excluding carboxylic acids is 1. The summed E-state index contributed by atoms with van der Waals surface area (Å²) in [5, 5.41) is 6.47. The van der Waals surface area contributed by atoms with Crippen LogP contribution in [0.3, 0.4) is 0 Å². The molecule has 0 radical (unpaired) electrons. The van der Waals surface area contributed by atoms with Gasteiger partial charge in [-0.1, -0.05) is 26.7 Å². The molecule has 0 aromatic carbocycles. The molecule has 2 N–H and O–H groups in total. The van der Waals surface area contributed by atoms with E-state index in [1.54, 1.807) is 0 Å². The maximum Gasteiger partial charge on any atom is 0.220 e. The molecule has 0 unspecified atom stereocenters. The zero-order chi connectivity index (χ0) is 12.7. The van der Waals surface area contributed by atoms with Gasteiger partial charge in [-0.05, 0) is 38.6 Å². The molecule has 0 heterocycles. The minimum absolute atomic E-state index is 0.218. The van der Waals surface area contributed by atoms with Gasteiger partial charge in [0, 0.05) is 18.5 Å². The zero-order valence-electron chi connectivity index (χ0n) is 11.6. The Morgan fingerprint density at radius 2 is 1.88 bits per heavy atom. The maximum absolute atomic E-state index is 11.7. The van der Waals surface area contributed by atoms with Gasteiger partial charge >= 0.3 is 0 Å². The molecule has 1 saturated carbocycles. The van der Waals surface area contributed by atoms with Crippen LogP contribution in [0, 0.1) is 5.92 Å². The predicted octanol–water partition coefficient (Wildman–Crippen LogP) is 2.46. The van der Waals surface area contributed by atoms with Crippen molar-refractivity contribution in [3.8, 4) is 0 Å². The smallest absolute Gasteiger partial charge is 0.220 e. The molecule has 1 amide bonds. The van der Waals surface area contributed by atoms with Crippen molar-refractivity contribution >= 4 is 5.91 Å². The molecule has 1 fully saturated rings. The predicted molar refractivity (Wildman–Crippen MR) is 71.9 cm³/mol. The third-order valence-corrected chi connectivity index (χ3v) is 3.63. The first kappa shape index (κ1) is 14.5. The molecule has 100 valence electrons. The van der Waals surface area contributed by atoms with Crippen molar-refractivity contribution in [1.82, 2.24) is 10.6 Å². The van der Waals surface area contributed by atoms with Gasteiger partial charge in [-0.25, -0.2) is 0 Å². The lowest BCUT2D eigenvalue weighted by molar-refractivity contribution is -0.122. The first-order valence-electron chi connectivity index (χ1n) is 7.12. The van der Waals surface area contributed by atoms with E-state index in [4.69, 9.17) is 0 Å². The summed E-state index contributed by atoms with van der Waals surface area (Å²) in [5.74, 6) is 0.933. The summed E-state index contributed by atoms with van der Waals surface area (Å²) >= 11 is 0. The topological polar surface area (TPSA) is 41.1 Å². The van der Waals surface area contributed by atoms with Crippen LogP contribution in [0.25, 0.3) is 0 Å². The van der Waals surface area contributed by atoms with E-state index in [1.807, 2.05) is 0 Å². The fraction of sp³-hybridized carbons (Fsp3) is 0.929. The summed E-state index contributed by atoms with van der Waals surface area (Å²) in [4.78, 5) is 11.7. The minimum atomic E-state index is 0.218. The quantitative estimate of drug-likeness (QED) is 0.671. The van der Waals surface area contributed by atoms with Crippen molar-refractivity contribution in [3.63, 3.8) is 0 Å². The standard InChI is InChI=1S/C14H28N2O/c1-11(2)15-10-6-9-14(17)16-12(3)13-7-4-5-8-13/h11-13,15H,4-10H2,1-3H3,(H,16,17)/t12-/m0/s1. The van der Waals surface area contributed by atoms with E-state index in [9.17, 15) is 4.79 Å². The summed E-state index contributed by atoms with van der Waals surface area (Å²) in [5.41, 5.74) is 0. The number of rotatable bonds is 7. The van der Waals surface area contributed by atoms with Crippen LogP contribution in [0.5, 0.6) is 0 Å². The first-order chi connectivity index (χ1) is 8.09. The summed E-state index contributed by atoms with van der Waals surface area (Å²) in [6.45, 7) is 7.34. The second-order valence-corrected chi connectivity index (χ2v) is 5.61. The van der Waals surface area contributed by atoms with Crippen LogP contribution in [0.4, 0.5) is 0 Å². The van der Waals surface area contributed by atoms with Gasteiger partial charge in [-0.3, -0.25) is 4.79 Å². The van der Waals surface area contributed by atoms with Crippen LogP contribution in [0.2, 0.25) is 0 Å². The molecule has 0 aromatic rings. The van der Waals surface area contributed by atoms with E-state index in [0.29, 0.717) is 24.4 Å². The van der Waals surface area contributed by atoms with Gasteiger partial charge in [0.1, 0.15) is 0 Å². The molecule has 0 aromatic heterocycles. The highest BCUT2D eigenvalue weighted by Gasteiger charge is 2.22. The number of carbonyl (C=O) groups is 1. The van der Waals surface area contributed by atoms with Crippen molar-refractivity contribution in [2.24, 2.45) is 5.92 Å². The molecule has 1 aliphatic rings. The second kappa shape index (κ2) is 7.70. The molecule has 1 rings (SSSR count). The molecule has 1 aliphatic carbocycles. The number of nitrogens with one attached hydrogen (secondary N) is 2. The van der Waals surface area contributed by atoms with E-state index in [2.05, 4.69) is 31.4 Å².